The maximum atomic E-state index is 9.55. The van der Waals surface area contributed by atoms with Gasteiger partial charge >= 0.3 is 0 Å². The molecule has 0 aliphatic carbocycles. The predicted molar refractivity (Wildman–Crippen MR) is 76.9 cm³/mol. The molecule has 2 aromatic rings. The maximum absolute atomic E-state index is 9.55. The number of nitrogens with zero attached hydrogens (tertiary/aromatic N) is 1. The number of rotatable bonds is 5. The summed E-state index contributed by atoms with van der Waals surface area (Å²) in [6.07, 6.45) is -0.504. The van der Waals surface area contributed by atoms with Gasteiger partial charge in [0.1, 0.15) is 18.1 Å². The van der Waals surface area contributed by atoms with Crippen LogP contribution in [0.5, 0.6) is 11.5 Å². The Bertz CT molecular complexity index is 582. The highest BCUT2D eigenvalue weighted by atomic mass is 16.5. The Balaban J connectivity index is 2.08. The van der Waals surface area contributed by atoms with Crippen LogP contribution in [0.3, 0.4) is 0 Å². The molecule has 0 saturated heterocycles. The minimum atomic E-state index is -0.504. The number of hydrogen-bond donors (Lipinski definition) is 1. The molecule has 0 fully saturated rings. The predicted octanol–water partition coefficient (Wildman–Crippen LogP) is 3.03. The molecule has 2 rings (SSSR count). The smallest absolute Gasteiger partial charge is 0.130 e. The van der Waals surface area contributed by atoms with Crippen molar-refractivity contribution >= 4 is 0 Å². The lowest BCUT2D eigenvalue weighted by Gasteiger charge is -2.10. The summed E-state index contributed by atoms with van der Waals surface area (Å²) in [5.74, 6) is 1.49. The average molecular weight is 273 g/mol. The van der Waals surface area contributed by atoms with Crippen molar-refractivity contribution in [3.8, 4) is 11.5 Å². The van der Waals surface area contributed by atoms with E-state index in [1.165, 1.54) is 0 Å². The van der Waals surface area contributed by atoms with Crippen LogP contribution in [-0.4, -0.2) is 17.2 Å². The Labute approximate surface area is 119 Å². The van der Waals surface area contributed by atoms with Crippen LogP contribution in [0.2, 0.25) is 0 Å². The lowest BCUT2D eigenvalue weighted by Crippen LogP contribution is -2.01. The monoisotopic (exact) mass is 273 g/mol. The number of ether oxygens (including phenoxy) is 2. The number of aryl methyl sites for hydroxylation is 1. The van der Waals surface area contributed by atoms with Crippen LogP contribution in [0.1, 0.15) is 30.0 Å². The minimum Gasteiger partial charge on any atom is -0.497 e. The van der Waals surface area contributed by atoms with Crippen molar-refractivity contribution in [2.45, 2.75) is 26.6 Å². The van der Waals surface area contributed by atoms with E-state index in [2.05, 4.69) is 4.98 Å². The van der Waals surface area contributed by atoms with E-state index in [9.17, 15) is 5.11 Å². The van der Waals surface area contributed by atoms with Crippen molar-refractivity contribution in [2.75, 3.05) is 7.11 Å². The summed E-state index contributed by atoms with van der Waals surface area (Å²) < 4.78 is 10.9. The molecule has 1 N–H and O–H groups in total. The zero-order valence-electron chi connectivity index (χ0n) is 12.0. The number of aromatic nitrogens is 1. The highest BCUT2D eigenvalue weighted by Gasteiger charge is 2.04. The Kier molecular flexibility index (Phi) is 4.58. The molecule has 106 valence electrons. The molecule has 0 radical (unpaired) electrons. The van der Waals surface area contributed by atoms with Crippen molar-refractivity contribution in [1.82, 2.24) is 4.98 Å². The van der Waals surface area contributed by atoms with E-state index >= 15 is 0 Å². The average Bonchev–Trinajstić information content (AvgIpc) is 2.44. The first-order valence-electron chi connectivity index (χ1n) is 6.51. The van der Waals surface area contributed by atoms with Gasteiger partial charge in [0.05, 0.1) is 18.9 Å². The second-order valence-corrected chi connectivity index (χ2v) is 4.68. The number of aliphatic hydroxyl groups is 1. The Hall–Kier alpha value is -2.07. The van der Waals surface area contributed by atoms with Crippen molar-refractivity contribution in [3.05, 3.63) is 53.3 Å². The van der Waals surface area contributed by atoms with E-state index in [4.69, 9.17) is 9.47 Å². The van der Waals surface area contributed by atoms with Gasteiger partial charge in [-0.15, -0.1) is 0 Å². The molecule has 1 heterocycles. The zero-order chi connectivity index (χ0) is 14.5. The number of aliphatic hydroxyl groups excluding tert-OH is 1. The summed E-state index contributed by atoms with van der Waals surface area (Å²) in [5, 5.41) is 9.55. The molecule has 1 atom stereocenters. The maximum Gasteiger partial charge on any atom is 0.130 e. The van der Waals surface area contributed by atoms with Crippen LogP contribution in [0.25, 0.3) is 0 Å². The van der Waals surface area contributed by atoms with E-state index in [0.717, 1.165) is 22.7 Å². The van der Waals surface area contributed by atoms with Gasteiger partial charge in [0.25, 0.3) is 0 Å². The quantitative estimate of drug-likeness (QED) is 0.909. The minimum absolute atomic E-state index is 0.362. The molecule has 4 heteroatoms. The van der Waals surface area contributed by atoms with Crippen LogP contribution >= 0.6 is 0 Å². The van der Waals surface area contributed by atoms with Crippen LogP contribution in [-0.2, 0) is 6.61 Å². The molecule has 1 aromatic heterocycles. The third-order valence-corrected chi connectivity index (χ3v) is 2.94. The van der Waals surface area contributed by atoms with Crippen molar-refractivity contribution in [2.24, 2.45) is 0 Å². The number of pyridine rings is 1. The van der Waals surface area contributed by atoms with Gasteiger partial charge in [-0.25, -0.2) is 0 Å². The molecule has 0 spiro atoms. The molecule has 0 unspecified atom stereocenters. The van der Waals surface area contributed by atoms with Crippen LogP contribution in [0, 0.1) is 6.92 Å². The van der Waals surface area contributed by atoms with Gasteiger partial charge in [0.15, 0.2) is 0 Å². The first-order chi connectivity index (χ1) is 9.58. The third-order valence-electron chi connectivity index (χ3n) is 2.94. The standard InChI is InChI=1S/C16H19NO3/c1-11-7-16(19-3)9-14(17-11)10-20-15-6-4-5-13(8-15)12(2)18/h4-9,12,18H,10H2,1-3H3/t12-/m0/s1. The largest absolute Gasteiger partial charge is 0.497 e. The van der Waals surface area contributed by atoms with Gasteiger partial charge in [-0.2, -0.15) is 0 Å². The molecular formula is C16H19NO3. The SMILES string of the molecule is COc1cc(C)nc(COc2cccc([C@H](C)O)c2)c1. The van der Waals surface area contributed by atoms with E-state index < -0.39 is 6.10 Å². The summed E-state index contributed by atoms with van der Waals surface area (Å²) in [6.45, 7) is 4.01. The lowest BCUT2D eigenvalue weighted by molar-refractivity contribution is 0.198. The molecule has 0 bridgehead atoms. The molecule has 1 aromatic carbocycles. The summed E-state index contributed by atoms with van der Waals surface area (Å²) in [4.78, 5) is 4.40. The summed E-state index contributed by atoms with van der Waals surface area (Å²) in [5.41, 5.74) is 2.53. The fraction of sp³-hybridized carbons (Fsp3) is 0.312. The molecule has 0 aliphatic rings. The highest BCUT2D eigenvalue weighted by Crippen LogP contribution is 2.20. The van der Waals surface area contributed by atoms with Gasteiger partial charge in [0.2, 0.25) is 0 Å². The number of benzene rings is 1. The first kappa shape index (κ1) is 14.3. The third kappa shape index (κ3) is 3.71. The molecule has 20 heavy (non-hydrogen) atoms. The molecule has 0 amide bonds. The molecular weight excluding hydrogens is 254 g/mol. The Morgan fingerprint density at radius 3 is 2.70 bits per heavy atom. The Morgan fingerprint density at radius 1 is 1.20 bits per heavy atom. The summed E-state index contributed by atoms with van der Waals surface area (Å²) in [7, 11) is 1.63. The van der Waals surface area contributed by atoms with Crippen LogP contribution < -0.4 is 9.47 Å². The first-order valence-corrected chi connectivity index (χ1v) is 6.51. The van der Waals surface area contributed by atoms with E-state index in [1.54, 1.807) is 14.0 Å². The number of hydrogen-bond acceptors (Lipinski definition) is 4. The van der Waals surface area contributed by atoms with Gasteiger partial charge in [-0.05, 0) is 31.5 Å². The topological polar surface area (TPSA) is 51.6 Å². The normalized spacial score (nSPS) is 12.0. The Morgan fingerprint density at radius 2 is 2.00 bits per heavy atom. The second kappa shape index (κ2) is 6.39. The number of methoxy groups -OCH3 is 1. The van der Waals surface area contributed by atoms with Crippen molar-refractivity contribution < 1.29 is 14.6 Å². The molecule has 4 nitrogen and oxygen atoms in total. The lowest BCUT2D eigenvalue weighted by atomic mass is 10.1. The summed E-state index contributed by atoms with van der Waals surface area (Å²) >= 11 is 0. The van der Waals surface area contributed by atoms with Crippen LogP contribution in [0.4, 0.5) is 0 Å². The second-order valence-electron chi connectivity index (χ2n) is 4.68. The van der Waals surface area contributed by atoms with Crippen molar-refractivity contribution in [3.63, 3.8) is 0 Å². The van der Waals surface area contributed by atoms with Crippen LogP contribution in [0.15, 0.2) is 36.4 Å². The van der Waals surface area contributed by atoms with E-state index in [-0.39, 0.29) is 0 Å². The fourth-order valence-corrected chi connectivity index (χ4v) is 1.92. The van der Waals surface area contributed by atoms with Gasteiger partial charge in [0, 0.05) is 17.8 Å². The fourth-order valence-electron chi connectivity index (χ4n) is 1.92. The zero-order valence-corrected chi connectivity index (χ0v) is 12.0. The van der Waals surface area contributed by atoms with Gasteiger partial charge in [-0.1, -0.05) is 12.1 Å². The molecule has 0 aliphatic heterocycles. The van der Waals surface area contributed by atoms with E-state index in [1.807, 2.05) is 43.3 Å². The highest BCUT2D eigenvalue weighted by molar-refractivity contribution is 5.30. The van der Waals surface area contributed by atoms with Crippen molar-refractivity contribution in [1.29, 1.82) is 0 Å². The molecule has 0 saturated carbocycles. The van der Waals surface area contributed by atoms with Gasteiger partial charge < -0.3 is 14.6 Å². The van der Waals surface area contributed by atoms with Gasteiger partial charge in [-0.3, -0.25) is 4.98 Å². The van der Waals surface area contributed by atoms with E-state index in [0.29, 0.717) is 12.4 Å². The summed E-state index contributed by atoms with van der Waals surface area (Å²) in [6, 6.07) is 11.1.